The molecule has 128 valence electrons. The van der Waals surface area contributed by atoms with Gasteiger partial charge in [-0.05, 0) is 90.4 Å². The number of carbonyl (C=O) groups is 1. The molecule has 1 unspecified atom stereocenters. The van der Waals surface area contributed by atoms with E-state index in [9.17, 15) is 4.79 Å². The van der Waals surface area contributed by atoms with Crippen LogP contribution < -0.4 is 10.5 Å². The molecule has 0 heterocycles. The number of benzene rings is 1. The maximum atomic E-state index is 11.9. The van der Waals surface area contributed by atoms with Crippen molar-refractivity contribution >= 4 is 5.91 Å². The predicted molar refractivity (Wildman–Crippen MR) is 93.3 cm³/mol. The Hall–Kier alpha value is -1.51. The fraction of sp³-hybridized carbons (Fsp3) is 0.667. The topological polar surface area (TPSA) is 52.3 Å². The van der Waals surface area contributed by atoms with Crippen LogP contribution >= 0.6 is 0 Å². The normalized spacial score (nSPS) is 38.6. The number of fused-ring (bicyclic) bond motifs is 1. The molecular formula is C21H27NO2. The van der Waals surface area contributed by atoms with Gasteiger partial charge in [-0.2, -0.15) is 0 Å². The van der Waals surface area contributed by atoms with Gasteiger partial charge in [0.05, 0.1) is 12.7 Å². The molecule has 0 aliphatic heterocycles. The van der Waals surface area contributed by atoms with Crippen LogP contribution in [0.4, 0.5) is 0 Å². The van der Waals surface area contributed by atoms with E-state index in [0.717, 1.165) is 36.3 Å². The lowest BCUT2D eigenvalue weighted by atomic mass is 9.49. The molecule has 1 amide bonds. The minimum absolute atomic E-state index is 0.358. The van der Waals surface area contributed by atoms with Crippen LogP contribution in [0.5, 0.6) is 5.75 Å². The van der Waals surface area contributed by atoms with E-state index >= 15 is 0 Å². The summed E-state index contributed by atoms with van der Waals surface area (Å²) < 4.78 is 5.67. The molecule has 5 aliphatic carbocycles. The van der Waals surface area contributed by atoms with Crippen molar-refractivity contribution in [2.75, 3.05) is 7.11 Å². The molecule has 6 rings (SSSR count). The Balaban J connectivity index is 1.66. The number of methoxy groups -OCH3 is 1. The summed E-state index contributed by atoms with van der Waals surface area (Å²) in [5.41, 5.74) is 11.0. The van der Waals surface area contributed by atoms with Crippen LogP contribution in [-0.2, 0) is 12.8 Å². The fourth-order valence-corrected chi connectivity index (χ4v) is 7.11. The highest BCUT2D eigenvalue weighted by Gasteiger charge is 2.55. The van der Waals surface area contributed by atoms with Crippen molar-refractivity contribution in [3.8, 4) is 5.75 Å². The van der Waals surface area contributed by atoms with Crippen LogP contribution in [0.1, 0.15) is 72.0 Å². The largest absolute Gasteiger partial charge is 0.496 e. The SMILES string of the molecule is COc1c(C(N)=O)cc2c3c1CC(C2)[C@@H]1[C@@H]3CC[C@]2(C)CCC[C@@H]12. The highest BCUT2D eigenvalue weighted by molar-refractivity contribution is 5.97. The minimum Gasteiger partial charge on any atom is -0.496 e. The lowest BCUT2D eigenvalue weighted by molar-refractivity contribution is 0.0176. The van der Waals surface area contributed by atoms with Gasteiger partial charge in [0.15, 0.2) is 0 Å². The van der Waals surface area contributed by atoms with E-state index in [1.165, 1.54) is 43.2 Å². The first-order valence-electron chi connectivity index (χ1n) is 9.56. The van der Waals surface area contributed by atoms with Gasteiger partial charge in [0.1, 0.15) is 5.75 Å². The highest BCUT2D eigenvalue weighted by atomic mass is 16.5. The van der Waals surface area contributed by atoms with Crippen LogP contribution in [0, 0.1) is 23.2 Å². The Bertz CT molecular complexity index is 740. The molecular weight excluding hydrogens is 298 g/mol. The summed E-state index contributed by atoms with van der Waals surface area (Å²) in [5, 5.41) is 0. The summed E-state index contributed by atoms with van der Waals surface area (Å²) in [6.45, 7) is 2.55. The number of hydrogen-bond donors (Lipinski definition) is 1. The smallest absolute Gasteiger partial charge is 0.252 e. The number of rotatable bonds is 2. The van der Waals surface area contributed by atoms with E-state index in [1.807, 2.05) is 6.07 Å². The van der Waals surface area contributed by atoms with E-state index in [1.54, 1.807) is 12.7 Å². The monoisotopic (exact) mass is 325 g/mol. The van der Waals surface area contributed by atoms with Gasteiger partial charge in [0.2, 0.25) is 0 Å². The van der Waals surface area contributed by atoms with E-state index < -0.39 is 0 Å². The molecule has 0 spiro atoms. The second-order valence-electron chi connectivity index (χ2n) is 8.92. The van der Waals surface area contributed by atoms with Gasteiger partial charge in [-0.1, -0.05) is 13.3 Å². The third-order valence-electron chi connectivity index (χ3n) is 7.96. The Kier molecular flexibility index (Phi) is 2.94. The highest BCUT2D eigenvalue weighted by Crippen LogP contribution is 2.65. The zero-order valence-corrected chi connectivity index (χ0v) is 14.7. The molecule has 1 aromatic carbocycles. The molecule has 3 heteroatoms. The average molecular weight is 325 g/mol. The van der Waals surface area contributed by atoms with Crippen molar-refractivity contribution in [2.45, 2.75) is 57.8 Å². The molecule has 2 N–H and O–H groups in total. The van der Waals surface area contributed by atoms with Crippen LogP contribution in [-0.4, -0.2) is 13.0 Å². The third-order valence-corrected chi connectivity index (χ3v) is 7.96. The predicted octanol–water partition coefficient (Wildman–Crippen LogP) is 3.82. The maximum Gasteiger partial charge on any atom is 0.252 e. The number of amides is 1. The second-order valence-corrected chi connectivity index (χ2v) is 8.92. The third kappa shape index (κ3) is 1.71. The summed E-state index contributed by atoms with van der Waals surface area (Å²) in [6.07, 6.45) is 9.17. The number of ether oxygens (including phenoxy) is 1. The zero-order valence-electron chi connectivity index (χ0n) is 14.7. The summed E-state index contributed by atoms with van der Waals surface area (Å²) >= 11 is 0. The van der Waals surface area contributed by atoms with Crippen LogP contribution in [0.15, 0.2) is 6.07 Å². The van der Waals surface area contributed by atoms with Crippen molar-refractivity contribution < 1.29 is 9.53 Å². The first-order chi connectivity index (χ1) is 11.5. The molecule has 0 aromatic heterocycles. The first-order valence-corrected chi connectivity index (χ1v) is 9.56. The van der Waals surface area contributed by atoms with E-state index in [4.69, 9.17) is 10.5 Å². The molecule has 3 nitrogen and oxygen atoms in total. The minimum atomic E-state index is -0.358. The van der Waals surface area contributed by atoms with Crippen molar-refractivity contribution in [3.05, 3.63) is 28.3 Å². The lowest BCUT2D eigenvalue weighted by Gasteiger charge is -2.56. The number of primary amides is 1. The molecule has 2 fully saturated rings. The van der Waals surface area contributed by atoms with Crippen LogP contribution in [0.2, 0.25) is 0 Å². The van der Waals surface area contributed by atoms with E-state index in [-0.39, 0.29) is 5.91 Å². The van der Waals surface area contributed by atoms with Gasteiger partial charge in [-0.3, -0.25) is 4.79 Å². The summed E-state index contributed by atoms with van der Waals surface area (Å²) in [4.78, 5) is 11.9. The molecule has 0 radical (unpaired) electrons. The molecule has 5 aliphatic rings. The molecule has 0 saturated heterocycles. The first kappa shape index (κ1) is 14.8. The Morgan fingerprint density at radius 3 is 2.88 bits per heavy atom. The molecule has 4 bridgehead atoms. The standard InChI is InChI=1S/C21H27NO2/c1-21-6-3-4-16(21)18-12-8-11-10-15(20(22)23)19(24-2)14(9-12)17(11)13(18)5-7-21/h10,12-13,16,18H,3-9H2,1-2H3,(H2,22,23)/t12?,13-,16+,18-,21+/m1/s1. The van der Waals surface area contributed by atoms with Gasteiger partial charge >= 0.3 is 0 Å². The van der Waals surface area contributed by atoms with Gasteiger partial charge < -0.3 is 10.5 Å². The van der Waals surface area contributed by atoms with Gasteiger partial charge in [-0.25, -0.2) is 0 Å². The average Bonchev–Trinajstić information content (AvgIpc) is 2.95. The molecule has 1 aromatic rings. The van der Waals surface area contributed by atoms with Crippen molar-refractivity contribution in [2.24, 2.45) is 28.9 Å². The summed E-state index contributed by atoms with van der Waals surface area (Å²) in [6, 6.07) is 2.05. The van der Waals surface area contributed by atoms with Crippen LogP contribution in [0.3, 0.4) is 0 Å². The zero-order chi connectivity index (χ0) is 16.6. The Morgan fingerprint density at radius 2 is 2.12 bits per heavy atom. The Morgan fingerprint density at radius 1 is 1.29 bits per heavy atom. The number of hydrogen-bond acceptors (Lipinski definition) is 2. The van der Waals surface area contributed by atoms with Crippen molar-refractivity contribution in [1.29, 1.82) is 0 Å². The van der Waals surface area contributed by atoms with Gasteiger partial charge in [0, 0.05) is 0 Å². The Labute approximate surface area is 143 Å². The number of carbonyl (C=O) groups excluding carboxylic acids is 1. The molecule has 5 atom stereocenters. The quantitative estimate of drug-likeness (QED) is 0.898. The number of nitrogens with two attached hydrogens (primary N) is 1. The van der Waals surface area contributed by atoms with E-state index in [2.05, 4.69) is 6.92 Å². The second kappa shape index (κ2) is 4.77. The van der Waals surface area contributed by atoms with Crippen molar-refractivity contribution in [1.82, 2.24) is 0 Å². The lowest BCUT2D eigenvalue weighted by Crippen LogP contribution is -2.48. The van der Waals surface area contributed by atoms with Gasteiger partial charge in [0.25, 0.3) is 5.91 Å². The summed E-state index contributed by atoms with van der Waals surface area (Å²) in [5.74, 6) is 3.60. The van der Waals surface area contributed by atoms with Crippen molar-refractivity contribution in [3.63, 3.8) is 0 Å². The summed E-state index contributed by atoms with van der Waals surface area (Å²) in [7, 11) is 1.68. The molecule has 2 saturated carbocycles. The molecule has 24 heavy (non-hydrogen) atoms. The van der Waals surface area contributed by atoms with Crippen LogP contribution in [0.25, 0.3) is 0 Å². The van der Waals surface area contributed by atoms with E-state index in [0.29, 0.717) is 16.9 Å². The van der Waals surface area contributed by atoms with Gasteiger partial charge in [-0.15, -0.1) is 0 Å². The maximum absolute atomic E-state index is 11.9. The fourth-order valence-electron chi connectivity index (χ4n) is 7.11.